The van der Waals surface area contributed by atoms with Crippen LogP contribution in [-0.4, -0.2) is 29.5 Å². The smallest absolute Gasteiger partial charge is 0.394 e. The molecule has 0 saturated heterocycles. The number of anilines is 1. The van der Waals surface area contributed by atoms with E-state index < -0.39 is 41.8 Å². The molecule has 0 aromatic heterocycles. The summed E-state index contributed by atoms with van der Waals surface area (Å²) in [6.07, 6.45) is -6.41. The summed E-state index contributed by atoms with van der Waals surface area (Å²) in [5.41, 5.74) is -2.60. The van der Waals surface area contributed by atoms with Crippen LogP contribution >= 0.6 is 0 Å². The molecule has 0 heterocycles. The van der Waals surface area contributed by atoms with Crippen molar-refractivity contribution < 1.29 is 32.2 Å². The van der Waals surface area contributed by atoms with Crippen molar-refractivity contribution in [1.29, 1.82) is 0 Å². The summed E-state index contributed by atoms with van der Waals surface area (Å²) < 4.78 is 63.4. The second-order valence-corrected chi connectivity index (χ2v) is 3.50. The summed E-state index contributed by atoms with van der Waals surface area (Å²) in [4.78, 5) is 0. The molecule has 0 amide bonds. The van der Waals surface area contributed by atoms with Gasteiger partial charge in [0, 0.05) is 6.54 Å². The number of hydrogen-bond donors (Lipinski definition) is 3. The Morgan fingerprint density at radius 2 is 1.83 bits per heavy atom. The van der Waals surface area contributed by atoms with Crippen molar-refractivity contribution in [2.75, 3.05) is 18.5 Å². The van der Waals surface area contributed by atoms with Crippen LogP contribution in [0.25, 0.3) is 0 Å². The van der Waals surface area contributed by atoms with Crippen molar-refractivity contribution in [3.8, 4) is 0 Å². The average molecular weight is 271 g/mol. The topological polar surface area (TPSA) is 52.5 Å². The zero-order chi connectivity index (χ0) is 13.9. The lowest BCUT2D eigenvalue weighted by molar-refractivity contribution is -0.142. The minimum absolute atomic E-state index is 0.365. The van der Waals surface area contributed by atoms with Crippen molar-refractivity contribution >= 4 is 5.69 Å². The average Bonchev–Trinajstić information content (AvgIpc) is 2.25. The molecule has 0 saturated carbocycles. The van der Waals surface area contributed by atoms with Gasteiger partial charge in [-0.15, -0.1) is 0 Å². The molecule has 1 unspecified atom stereocenters. The van der Waals surface area contributed by atoms with E-state index in [2.05, 4.69) is 5.32 Å². The Morgan fingerprint density at radius 3 is 2.33 bits per heavy atom. The third-order valence-electron chi connectivity index (χ3n) is 2.11. The van der Waals surface area contributed by atoms with E-state index in [1.807, 2.05) is 0 Å². The summed E-state index contributed by atoms with van der Waals surface area (Å²) in [6.45, 7) is -1.00. The molecule has 0 spiro atoms. The molecule has 1 atom stereocenters. The fourth-order valence-electron chi connectivity index (χ4n) is 1.24. The van der Waals surface area contributed by atoms with Crippen LogP contribution in [0.3, 0.4) is 0 Å². The van der Waals surface area contributed by atoms with Gasteiger partial charge < -0.3 is 15.5 Å². The van der Waals surface area contributed by atoms with Crippen LogP contribution in [0.4, 0.5) is 27.6 Å². The van der Waals surface area contributed by atoms with Crippen LogP contribution in [0, 0.1) is 11.6 Å². The third kappa shape index (κ3) is 3.30. The first kappa shape index (κ1) is 14.7. The Hall–Kier alpha value is -1.41. The van der Waals surface area contributed by atoms with Crippen molar-refractivity contribution in [2.45, 2.75) is 12.3 Å². The second-order valence-electron chi connectivity index (χ2n) is 3.50. The van der Waals surface area contributed by atoms with Crippen LogP contribution in [0.2, 0.25) is 0 Å². The van der Waals surface area contributed by atoms with Gasteiger partial charge in [-0.2, -0.15) is 13.2 Å². The number of rotatable bonds is 4. The minimum Gasteiger partial charge on any atom is -0.394 e. The van der Waals surface area contributed by atoms with E-state index >= 15 is 0 Å². The van der Waals surface area contributed by atoms with Gasteiger partial charge in [-0.1, -0.05) is 0 Å². The van der Waals surface area contributed by atoms with E-state index in [4.69, 9.17) is 10.2 Å². The highest BCUT2D eigenvalue weighted by Gasteiger charge is 2.38. The maximum absolute atomic E-state index is 13.4. The number of aliphatic hydroxyl groups is 2. The first-order chi connectivity index (χ1) is 8.27. The van der Waals surface area contributed by atoms with Gasteiger partial charge in [0.15, 0.2) is 5.82 Å². The van der Waals surface area contributed by atoms with E-state index in [-0.39, 0.29) is 6.54 Å². The quantitative estimate of drug-likeness (QED) is 0.731. The second kappa shape index (κ2) is 5.49. The SMILES string of the molecule is OCC(O)CNc1ccc(F)c(C(F)(F)F)c1F. The van der Waals surface area contributed by atoms with E-state index in [1.165, 1.54) is 0 Å². The maximum atomic E-state index is 13.4. The molecule has 0 aliphatic rings. The molecule has 8 heteroatoms. The Bertz CT molecular complexity index is 421. The number of halogens is 5. The zero-order valence-electron chi connectivity index (χ0n) is 8.93. The summed E-state index contributed by atoms with van der Waals surface area (Å²) in [5, 5.41) is 19.6. The zero-order valence-corrected chi connectivity index (χ0v) is 8.93. The summed E-state index contributed by atoms with van der Waals surface area (Å²) >= 11 is 0. The molecule has 1 aromatic rings. The molecule has 1 aromatic carbocycles. The van der Waals surface area contributed by atoms with Crippen molar-refractivity contribution in [2.24, 2.45) is 0 Å². The van der Waals surface area contributed by atoms with Crippen LogP contribution in [0.1, 0.15) is 5.56 Å². The van der Waals surface area contributed by atoms with Crippen LogP contribution in [-0.2, 0) is 6.18 Å². The van der Waals surface area contributed by atoms with Gasteiger partial charge in [0.25, 0.3) is 0 Å². The minimum atomic E-state index is -5.15. The third-order valence-corrected chi connectivity index (χ3v) is 2.11. The van der Waals surface area contributed by atoms with E-state index in [9.17, 15) is 22.0 Å². The molecule has 18 heavy (non-hydrogen) atoms. The van der Waals surface area contributed by atoms with Gasteiger partial charge in [-0.05, 0) is 12.1 Å². The molecule has 0 aliphatic carbocycles. The Balaban J connectivity index is 3.02. The lowest BCUT2D eigenvalue weighted by Crippen LogP contribution is -2.24. The van der Waals surface area contributed by atoms with Gasteiger partial charge in [0.1, 0.15) is 11.4 Å². The molecular weight excluding hydrogens is 261 g/mol. The van der Waals surface area contributed by atoms with E-state index in [1.54, 1.807) is 0 Å². The van der Waals surface area contributed by atoms with Crippen LogP contribution in [0.5, 0.6) is 0 Å². The molecule has 0 bridgehead atoms. The number of hydrogen-bond acceptors (Lipinski definition) is 3. The molecule has 0 aliphatic heterocycles. The predicted octanol–water partition coefficient (Wildman–Crippen LogP) is 1.75. The van der Waals surface area contributed by atoms with Crippen molar-refractivity contribution in [3.63, 3.8) is 0 Å². The van der Waals surface area contributed by atoms with E-state index in [0.29, 0.717) is 6.07 Å². The largest absolute Gasteiger partial charge is 0.422 e. The molecule has 3 nitrogen and oxygen atoms in total. The standard InChI is InChI=1S/C10H10F5NO2/c11-6-1-2-7(16-3-5(18)4-17)9(12)8(6)10(13,14)15/h1-2,5,16-18H,3-4H2. The lowest BCUT2D eigenvalue weighted by Gasteiger charge is -2.15. The first-order valence-electron chi connectivity index (χ1n) is 4.85. The molecule has 102 valence electrons. The molecule has 0 fully saturated rings. The number of alkyl halides is 3. The summed E-state index contributed by atoms with van der Waals surface area (Å²) in [5.74, 6) is -3.50. The van der Waals surface area contributed by atoms with Crippen molar-refractivity contribution in [3.05, 3.63) is 29.3 Å². The first-order valence-corrected chi connectivity index (χ1v) is 4.85. The Morgan fingerprint density at radius 1 is 1.22 bits per heavy atom. The number of nitrogens with one attached hydrogen (secondary N) is 1. The normalized spacial score (nSPS) is 13.5. The fraction of sp³-hybridized carbons (Fsp3) is 0.400. The fourth-order valence-corrected chi connectivity index (χ4v) is 1.24. The Labute approximate surface area is 98.9 Å². The lowest BCUT2D eigenvalue weighted by atomic mass is 10.1. The molecular formula is C10H10F5NO2. The van der Waals surface area contributed by atoms with E-state index in [0.717, 1.165) is 6.07 Å². The highest BCUT2D eigenvalue weighted by Crippen LogP contribution is 2.35. The highest BCUT2D eigenvalue weighted by molar-refractivity contribution is 5.49. The van der Waals surface area contributed by atoms with Crippen LogP contribution in [0.15, 0.2) is 12.1 Å². The predicted molar refractivity (Wildman–Crippen MR) is 52.9 cm³/mol. The highest BCUT2D eigenvalue weighted by atomic mass is 19.4. The van der Waals surface area contributed by atoms with Gasteiger partial charge in [0.05, 0.1) is 18.4 Å². The van der Waals surface area contributed by atoms with Gasteiger partial charge in [-0.25, -0.2) is 8.78 Å². The monoisotopic (exact) mass is 271 g/mol. The summed E-state index contributed by atoms with van der Waals surface area (Å²) in [6, 6.07) is 1.25. The van der Waals surface area contributed by atoms with Crippen molar-refractivity contribution in [1.82, 2.24) is 0 Å². The number of aliphatic hydroxyl groups excluding tert-OH is 2. The van der Waals surface area contributed by atoms with Gasteiger partial charge >= 0.3 is 6.18 Å². The van der Waals surface area contributed by atoms with Crippen LogP contribution < -0.4 is 5.32 Å². The number of benzene rings is 1. The summed E-state index contributed by atoms with van der Waals surface area (Å²) in [7, 11) is 0. The van der Waals surface area contributed by atoms with Gasteiger partial charge in [0.2, 0.25) is 0 Å². The molecule has 0 radical (unpaired) electrons. The molecule has 3 N–H and O–H groups in total. The molecule has 1 rings (SSSR count). The van der Waals surface area contributed by atoms with Gasteiger partial charge in [-0.3, -0.25) is 0 Å². The maximum Gasteiger partial charge on any atom is 0.422 e. The Kier molecular flexibility index (Phi) is 4.47.